The van der Waals surface area contributed by atoms with Gasteiger partial charge in [0.1, 0.15) is 11.6 Å². The van der Waals surface area contributed by atoms with Crippen LogP contribution in [0.3, 0.4) is 0 Å². The van der Waals surface area contributed by atoms with Crippen molar-refractivity contribution in [1.82, 2.24) is 19.1 Å². The van der Waals surface area contributed by atoms with E-state index in [1.165, 1.54) is 28.3 Å². The molecule has 0 saturated heterocycles. The van der Waals surface area contributed by atoms with Crippen LogP contribution in [0.5, 0.6) is 5.75 Å². The van der Waals surface area contributed by atoms with Crippen molar-refractivity contribution in [3.63, 3.8) is 0 Å². The number of unbranched alkanes of at least 4 members (excludes halogenated alkanes) is 1. The molecule has 0 fully saturated rings. The van der Waals surface area contributed by atoms with Gasteiger partial charge in [0.15, 0.2) is 11.2 Å². The number of aryl methyl sites for hydroxylation is 2. The average molecular weight is 464 g/mol. The maximum absolute atomic E-state index is 13.5. The maximum Gasteiger partial charge on any atom is 0.439 e. The van der Waals surface area contributed by atoms with Crippen molar-refractivity contribution in [2.45, 2.75) is 44.8 Å². The number of H-pyrrole nitrogens is 1. The van der Waals surface area contributed by atoms with Crippen LogP contribution in [0.25, 0.3) is 22.6 Å². The van der Waals surface area contributed by atoms with Gasteiger partial charge in [-0.1, -0.05) is 13.3 Å². The van der Waals surface area contributed by atoms with Gasteiger partial charge in [0, 0.05) is 19.2 Å². The summed E-state index contributed by atoms with van der Waals surface area (Å²) in [5, 5.41) is 0. The van der Waals surface area contributed by atoms with Gasteiger partial charge >= 0.3 is 18.0 Å². The summed E-state index contributed by atoms with van der Waals surface area (Å²) in [5.41, 5.74) is -0.771. The van der Waals surface area contributed by atoms with Crippen molar-refractivity contribution < 1.29 is 31.1 Å². The molecular formula is C19H18F6N4O3. The summed E-state index contributed by atoms with van der Waals surface area (Å²) in [6.45, 7) is 2.23. The quantitative estimate of drug-likeness (QED) is 0.540. The van der Waals surface area contributed by atoms with Gasteiger partial charge in [0.05, 0.1) is 0 Å². The van der Waals surface area contributed by atoms with Gasteiger partial charge in [-0.05, 0) is 30.7 Å². The van der Waals surface area contributed by atoms with Gasteiger partial charge in [0.2, 0.25) is 0 Å². The molecule has 0 amide bonds. The fourth-order valence-corrected chi connectivity index (χ4v) is 3.10. The minimum absolute atomic E-state index is 0.105. The third-order valence-electron chi connectivity index (χ3n) is 4.70. The lowest BCUT2D eigenvalue weighted by atomic mass is 10.2. The molecule has 3 rings (SSSR count). The van der Waals surface area contributed by atoms with Gasteiger partial charge in [-0.25, -0.2) is 14.2 Å². The fourth-order valence-electron chi connectivity index (χ4n) is 3.10. The molecular weight excluding hydrogens is 446 g/mol. The van der Waals surface area contributed by atoms with E-state index in [0.29, 0.717) is 18.5 Å². The number of aromatic amines is 1. The number of alkyl halides is 6. The number of aromatic nitrogens is 4. The molecule has 2 aromatic heterocycles. The average Bonchev–Trinajstić information content (AvgIpc) is 3.04. The highest BCUT2D eigenvalue weighted by molar-refractivity contribution is 5.76. The smallest absolute Gasteiger partial charge is 0.430 e. The van der Waals surface area contributed by atoms with Gasteiger partial charge < -0.3 is 9.30 Å². The molecule has 0 saturated carbocycles. The second-order valence-electron chi connectivity index (χ2n) is 7.02. The lowest BCUT2D eigenvalue weighted by Crippen LogP contribution is -2.45. The normalized spacial score (nSPS) is 13.5. The number of imidazole rings is 1. The molecule has 2 heterocycles. The molecule has 1 N–H and O–H groups in total. The van der Waals surface area contributed by atoms with Crippen molar-refractivity contribution in [2.75, 3.05) is 0 Å². The van der Waals surface area contributed by atoms with Crippen LogP contribution >= 0.6 is 0 Å². The highest BCUT2D eigenvalue weighted by Gasteiger charge is 2.59. The lowest BCUT2D eigenvalue weighted by molar-refractivity contribution is -0.304. The van der Waals surface area contributed by atoms with E-state index in [4.69, 9.17) is 0 Å². The summed E-state index contributed by atoms with van der Waals surface area (Å²) in [7, 11) is 1.50. The summed E-state index contributed by atoms with van der Waals surface area (Å²) in [4.78, 5) is 31.0. The monoisotopic (exact) mass is 464 g/mol. The summed E-state index contributed by atoms with van der Waals surface area (Å²) in [5.74, 6) is -0.513. The third-order valence-corrected chi connectivity index (χ3v) is 4.70. The summed E-state index contributed by atoms with van der Waals surface area (Å²) < 4.78 is 83.3. The Morgan fingerprint density at radius 2 is 1.75 bits per heavy atom. The molecule has 0 radical (unpaired) electrons. The Balaban J connectivity index is 1.98. The molecule has 0 aliphatic carbocycles. The van der Waals surface area contributed by atoms with Crippen LogP contribution in [0.2, 0.25) is 0 Å². The Morgan fingerprint density at radius 3 is 2.31 bits per heavy atom. The molecule has 13 heteroatoms. The highest BCUT2D eigenvalue weighted by Crippen LogP contribution is 2.37. The summed E-state index contributed by atoms with van der Waals surface area (Å²) in [6, 6.07) is 4.24. The van der Waals surface area contributed by atoms with Gasteiger partial charge in [-0.2, -0.15) is 22.0 Å². The van der Waals surface area contributed by atoms with Crippen LogP contribution < -0.4 is 16.0 Å². The molecule has 0 aliphatic heterocycles. The van der Waals surface area contributed by atoms with E-state index < -0.39 is 35.5 Å². The SMILES string of the molecule is CCCCn1c(=O)[nH]c(=O)c2c1nc(-c1ccc(OC(F)(F)[C@H](F)C(F)(F)F)cc1)n2C. The molecule has 174 valence electrons. The van der Waals surface area contributed by atoms with Crippen LogP contribution in [0, 0.1) is 0 Å². The number of hydrogen-bond donors (Lipinski definition) is 1. The van der Waals surface area contributed by atoms with Crippen molar-refractivity contribution in [3.05, 3.63) is 45.1 Å². The maximum atomic E-state index is 13.5. The molecule has 0 unspecified atom stereocenters. The second kappa shape index (κ2) is 8.36. The van der Waals surface area contributed by atoms with E-state index >= 15 is 0 Å². The Hall–Kier alpha value is -3.25. The molecule has 0 spiro atoms. The van der Waals surface area contributed by atoms with E-state index in [9.17, 15) is 35.9 Å². The third kappa shape index (κ3) is 4.36. The Bertz CT molecular complexity index is 1230. The van der Waals surface area contributed by atoms with E-state index in [0.717, 1.165) is 18.6 Å². The van der Waals surface area contributed by atoms with Gasteiger partial charge in [0.25, 0.3) is 11.7 Å². The Morgan fingerprint density at radius 1 is 1.12 bits per heavy atom. The Kier molecular flexibility index (Phi) is 6.11. The first-order valence-electron chi connectivity index (χ1n) is 9.44. The fraction of sp³-hybridized carbons (Fsp3) is 0.421. The zero-order valence-electron chi connectivity index (χ0n) is 16.8. The molecule has 7 nitrogen and oxygen atoms in total. The van der Waals surface area contributed by atoms with E-state index in [1.54, 1.807) is 0 Å². The van der Waals surface area contributed by atoms with Gasteiger partial charge in [-0.3, -0.25) is 14.3 Å². The number of fused-ring (bicyclic) bond motifs is 1. The number of ether oxygens (including phenoxy) is 1. The zero-order valence-corrected chi connectivity index (χ0v) is 16.8. The van der Waals surface area contributed by atoms with Crippen LogP contribution in [-0.4, -0.2) is 37.6 Å². The van der Waals surface area contributed by atoms with E-state index in [2.05, 4.69) is 14.7 Å². The van der Waals surface area contributed by atoms with Gasteiger partial charge in [-0.15, -0.1) is 0 Å². The first-order chi connectivity index (χ1) is 14.9. The van der Waals surface area contributed by atoms with Crippen molar-refractivity contribution in [2.24, 2.45) is 7.05 Å². The molecule has 0 bridgehead atoms. The largest absolute Gasteiger partial charge is 0.439 e. The molecule has 3 aromatic rings. The van der Waals surface area contributed by atoms with E-state index in [1.807, 2.05) is 6.92 Å². The number of rotatable bonds is 7. The molecule has 1 aromatic carbocycles. The molecule has 0 aliphatic rings. The number of benzene rings is 1. The topological polar surface area (TPSA) is 81.9 Å². The highest BCUT2D eigenvalue weighted by atomic mass is 19.4. The second-order valence-corrected chi connectivity index (χ2v) is 7.02. The van der Waals surface area contributed by atoms with Crippen LogP contribution in [-0.2, 0) is 13.6 Å². The number of halogens is 6. The van der Waals surface area contributed by atoms with Crippen molar-refractivity contribution in [1.29, 1.82) is 0 Å². The van der Waals surface area contributed by atoms with Crippen LogP contribution in [0.4, 0.5) is 26.3 Å². The molecule has 1 atom stereocenters. The van der Waals surface area contributed by atoms with Crippen LogP contribution in [0.15, 0.2) is 33.9 Å². The summed E-state index contributed by atoms with van der Waals surface area (Å²) in [6.07, 6.45) is -14.0. The minimum Gasteiger partial charge on any atom is -0.430 e. The molecule has 32 heavy (non-hydrogen) atoms. The number of hydrogen-bond acceptors (Lipinski definition) is 4. The van der Waals surface area contributed by atoms with Crippen LogP contribution in [0.1, 0.15) is 19.8 Å². The summed E-state index contributed by atoms with van der Waals surface area (Å²) >= 11 is 0. The minimum atomic E-state index is -5.79. The predicted octanol–water partition coefficient (Wildman–Crippen LogP) is 3.76. The number of nitrogens with zero attached hydrogens (tertiary/aromatic N) is 3. The van der Waals surface area contributed by atoms with Crippen molar-refractivity contribution in [3.8, 4) is 17.1 Å². The lowest BCUT2D eigenvalue weighted by Gasteiger charge is -2.23. The zero-order chi connectivity index (χ0) is 23.8. The van der Waals surface area contributed by atoms with E-state index in [-0.39, 0.29) is 17.0 Å². The predicted molar refractivity (Wildman–Crippen MR) is 102 cm³/mol. The van der Waals surface area contributed by atoms with Crippen molar-refractivity contribution >= 4 is 11.2 Å². The first kappa shape index (κ1) is 23.4. The number of nitrogens with one attached hydrogen (secondary N) is 1. The standard InChI is InChI=1S/C19H18F6N4O3/c1-3-4-9-29-14-12(15(30)27-17(29)31)28(2)13(26-14)10-5-7-11(8-6-10)32-19(24,25)16(20)18(21,22)23/h5-8,16H,3-4,9H2,1-2H3,(H,27,30,31)/t16-/m1/s1. The Labute approximate surface area is 176 Å². The first-order valence-corrected chi connectivity index (χ1v) is 9.44.